The highest BCUT2D eigenvalue weighted by atomic mass is 32.2. The van der Waals surface area contributed by atoms with Crippen LogP contribution in [0.5, 0.6) is 0 Å². The lowest BCUT2D eigenvalue weighted by Gasteiger charge is -2.39. The van der Waals surface area contributed by atoms with Gasteiger partial charge in [-0.15, -0.1) is 0 Å². The summed E-state index contributed by atoms with van der Waals surface area (Å²) in [6.07, 6.45) is 5.44. The van der Waals surface area contributed by atoms with Crippen LogP contribution in [0, 0.1) is 5.41 Å². The largest absolute Gasteiger partial charge is 0.372 e. The van der Waals surface area contributed by atoms with Crippen molar-refractivity contribution in [3.05, 3.63) is 12.2 Å². The molecule has 0 amide bonds. The zero-order valence-electron chi connectivity index (χ0n) is 16.7. The molecule has 0 fully saturated rings. The van der Waals surface area contributed by atoms with Crippen LogP contribution in [0.15, 0.2) is 12.2 Å². The quantitative estimate of drug-likeness (QED) is 0.655. The molecule has 6 heteroatoms. The topological polar surface area (TPSA) is 49.9 Å². The molecule has 1 aliphatic heterocycles. The number of nitrogens with zero attached hydrogens (tertiary/aromatic N) is 2. The Hall–Kier alpha value is -0.430. The van der Waals surface area contributed by atoms with Crippen molar-refractivity contribution >= 4 is 10.0 Å². The predicted molar refractivity (Wildman–Crippen MR) is 101 cm³/mol. The first-order valence-corrected chi connectivity index (χ1v) is 10.6. The molecule has 0 aromatic carbocycles. The fraction of sp³-hybridized carbons (Fsp3) is 0.889. The fourth-order valence-corrected chi connectivity index (χ4v) is 4.12. The van der Waals surface area contributed by atoms with Crippen LogP contribution in [-0.4, -0.2) is 67.8 Å². The molecule has 0 aliphatic carbocycles. The van der Waals surface area contributed by atoms with E-state index in [1.807, 2.05) is 20.8 Å². The van der Waals surface area contributed by atoms with Crippen molar-refractivity contribution in [2.75, 3.05) is 32.4 Å². The molecular weight excluding hydrogens is 324 g/mol. The minimum Gasteiger partial charge on any atom is -0.372 e. The minimum atomic E-state index is -3.30. The predicted octanol–water partition coefficient (Wildman–Crippen LogP) is 2.74. The van der Waals surface area contributed by atoms with Gasteiger partial charge in [-0.3, -0.25) is 4.90 Å². The zero-order chi connectivity index (χ0) is 18.8. The highest BCUT2D eigenvalue weighted by molar-refractivity contribution is 7.88. The Morgan fingerprint density at radius 2 is 1.62 bits per heavy atom. The molecule has 1 heterocycles. The van der Waals surface area contributed by atoms with E-state index in [-0.39, 0.29) is 17.6 Å². The molecule has 1 aliphatic rings. The Balaban J connectivity index is 2.93. The molecular formula is C18H36N2O3S. The van der Waals surface area contributed by atoms with E-state index in [4.69, 9.17) is 4.74 Å². The van der Waals surface area contributed by atoms with Crippen molar-refractivity contribution in [2.24, 2.45) is 5.41 Å². The van der Waals surface area contributed by atoms with E-state index in [0.29, 0.717) is 6.54 Å². The number of rotatable bonds is 7. The molecule has 0 radical (unpaired) electrons. The van der Waals surface area contributed by atoms with E-state index in [0.717, 1.165) is 19.6 Å². The third-order valence-electron chi connectivity index (χ3n) is 4.49. The average Bonchev–Trinajstić information content (AvgIpc) is 2.84. The lowest BCUT2D eigenvalue weighted by molar-refractivity contribution is -0.0735. The van der Waals surface area contributed by atoms with Gasteiger partial charge in [-0.2, -0.15) is 4.31 Å². The van der Waals surface area contributed by atoms with Gasteiger partial charge in [-0.05, 0) is 33.1 Å². The van der Waals surface area contributed by atoms with Gasteiger partial charge >= 0.3 is 0 Å². The van der Waals surface area contributed by atoms with Crippen molar-refractivity contribution < 1.29 is 13.2 Å². The molecule has 24 heavy (non-hydrogen) atoms. The zero-order valence-corrected chi connectivity index (χ0v) is 17.5. The third kappa shape index (κ3) is 6.82. The molecule has 2 unspecified atom stereocenters. The van der Waals surface area contributed by atoms with Gasteiger partial charge in [0.2, 0.25) is 10.0 Å². The van der Waals surface area contributed by atoms with Gasteiger partial charge in [0.25, 0.3) is 0 Å². The van der Waals surface area contributed by atoms with Gasteiger partial charge in [0, 0.05) is 31.7 Å². The van der Waals surface area contributed by atoms with Gasteiger partial charge in [0.15, 0.2) is 0 Å². The lowest BCUT2D eigenvalue weighted by atomic mass is 9.90. The summed E-state index contributed by atoms with van der Waals surface area (Å²) in [7, 11) is -3.30. The summed E-state index contributed by atoms with van der Waals surface area (Å²) in [5.41, 5.74) is -0.456. The van der Waals surface area contributed by atoms with Gasteiger partial charge in [0.1, 0.15) is 0 Å². The van der Waals surface area contributed by atoms with Gasteiger partial charge in [-0.25, -0.2) is 8.42 Å². The van der Waals surface area contributed by atoms with Crippen molar-refractivity contribution in [1.29, 1.82) is 0 Å². The molecule has 0 spiro atoms. The molecule has 0 saturated carbocycles. The molecule has 0 saturated heterocycles. The molecule has 1 rings (SSSR count). The molecule has 0 bridgehead atoms. The maximum absolute atomic E-state index is 12.3. The summed E-state index contributed by atoms with van der Waals surface area (Å²) < 4.78 is 32.4. The highest BCUT2D eigenvalue weighted by Crippen LogP contribution is 2.25. The van der Waals surface area contributed by atoms with Crippen LogP contribution in [0.25, 0.3) is 0 Å². The minimum absolute atomic E-state index is 0.0131. The standard InChI is InChI=1S/C18H36N2O3S/c1-15(17(2,3)4)23-16(13-19-11-9-10-12-19)14-20(18(5,6)7)24(8,21)22/h9-10,15-16H,11-14H2,1-8H3. The van der Waals surface area contributed by atoms with Crippen molar-refractivity contribution in [2.45, 2.75) is 66.2 Å². The van der Waals surface area contributed by atoms with E-state index in [2.05, 4.69) is 44.7 Å². The van der Waals surface area contributed by atoms with Crippen LogP contribution >= 0.6 is 0 Å². The smallest absolute Gasteiger partial charge is 0.211 e. The van der Waals surface area contributed by atoms with Crippen LogP contribution < -0.4 is 0 Å². The van der Waals surface area contributed by atoms with Gasteiger partial charge in [-0.1, -0.05) is 32.9 Å². The third-order valence-corrected chi connectivity index (χ3v) is 5.99. The molecule has 142 valence electrons. The number of hydrogen-bond acceptors (Lipinski definition) is 4. The number of hydrogen-bond donors (Lipinski definition) is 0. The molecule has 0 N–H and O–H groups in total. The summed E-state index contributed by atoms with van der Waals surface area (Å²) in [5, 5.41) is 0. The van der Waals surface area contributed by atoms with Crippen LogP contribution in [-0.2, 0) is 14.8 Å². The first kappa shape index (κ1) is 21.6. The van der Waals surface area contributed by atoms with E-state index >= 15 is 0 Å². The number of ether oxygens (including phenoxy) is 1. The molecule has 2 atom stereocenters. The van der Waals surface area contributed by atoms with Crippen LogP contribution in [0.1, 0.15) is 48.5 Å². The Morgan fingerprint density at radius 3 is 2.00 bits per heavy atom. The van der Waals surface area contributed by atoms with Crippen molar-refractivity contribution in [3.63, 3.8) is 0 Å². The maximum Gasteiger partial charge on any atom is 0.211 e. The average molecular weight is 361 g/mol. The maximum atomic E-state index is 12.3. The Morgan fingerprint density at radius 1 is 1.12 bits per heavy atom. The van der Waals surface area contributed by atoms with Gasteiger partial charge < -0.3 is 4.74 Å². The second-order valence-electron chi connectivity index (χ2n) is 8.92. The van der Waals surface area contributed by atoms with E-state index in [9.17, 15) is 8.42 Å². The first-order chi connectivity index (χ1) is 10.7. The summed E-state index contributed by atoms with van der Waals surface area (Å²) >= 11 is 0. The first-order valence-electron chi connectivity index (χ1n) is 8.72. The van der Waals surface area contributed by atoms with Gasteiger partial charge in [0.05, 0.1) is 18.5 Å². The summed E-state index contributed by atoms with van der Waals surface area (Å²) in [6, 6.07) is 0. The summed E-state index contributed by atoms with van der Waals surface area (Å²) in [4.78, 5) is 2.28. The normalized spacial score (nSPS) is 19.9. The van der Waals surface area contributed by atoms with Crippen molar-refractivity contribution in [1.82, 2.24) is 9.21 Å². The second kappa shape index (κ2) is 7.85. The Bertz CT molecular complexity index is 521. The molecule has 0 aromatic rings. The van der Waals surface area contributed by atoms with E-state index in [1.165, 1.54) is 6.26 Å². The Labute approximate surface area is 149 Å². The van der Waals surface area contributed by atoms with E-state index in [1.54, 1.807) is 4.31 Å². The second-order valence-corrected chi connectivity index (χ2v) is 10.8. The molecule has 0 aromatic heterocycles. The highest BCUT2D eigenvalue weighted by Gasteiger charge is 2.34. The SMILES string of the molecule is CC(OC(CN1CC=CC1)CN(C(C)(C)C)S(C)(=O)=O)C(C)(C)C. The Kier molecular flexibility index (Phi) is 7.07. The number of sulfonamides is 1. The monoisotopic (exact) mass is 360 g/mol. The van der Waals surface area contributed by atoms with Crippen LogP contribution in [0.2, 0.25) is 0 Å². The van der Waals surface area contributed by atoms with Crippen molar-refractivity contribution in [3.8, 4) is 0 Å². The lowest BCUT2D eigenvalue weighted by Crippen LogP contribution is -2.52. The molecule has 5 nitrogen and oxygen atoms in total. The summed E-state index contributed by atoms with van der Waals surface area (Å²) in [6.45, 7) is 17.2. The summed E-state index contributed by atoms with van der Waals surface area (Å²) in [5.74, 6) is 0. The van der Waals surface area contributed by atoms with Crippen LogP contribution in [0.3, 0.4) is 0 Å². The van der Waals surface area contributed by atoms with Crippen LogP contribution in [0.4, 0.5) is 0 Å². The van der Waals surface area contributed by atoms with E-state index < -0.39 is 15.6 Å². The fourth-order valence-electron chi connectivity index (χ4n) is 2.69.